The molecule has 2 unspecified atom stereocenters. The molecule has 5 nitrogen and oxygen atoms in total. The first-order chi connectivity index (χ1) is 13.3. The molecule has 0 saturated heterocycles. The SMILES string of the molecule is C.C.C.C.C.C.C=C.CCCOC(C)COC.COOC(=O)C(C)(C)CC(C)c1ccccc1. The van der Waals surface area contributed by atoms with Gasteiger partial charge in [0.05, 0.1) is 25.2 Å². The van der Waals surface area contributed by atoms with Gasteiger partial charge in [-0.3, -0.25) is 4.89 Å². The minimum absolute atomic E-state index is 0. The lowest BCUT2D eigenvalue weighted by Gasteiger charge is -2.25. The first-order valence-corrected chi connectivity index (χ1v) is 9.69. The summed E-state index contributed by atoms with van der Waals surface area (Å²) in [4.78, 5) is 20.7. The van der Waals surface area contributed by atoms with Crippen molar-refractivity contribution in [3.8, 4) is 0 Å². The second-order valence-electron chi connectivity index (χ2n) is 7.07. The molecule has 1 rings (SSSR count). The lowest BCUT2D eigenvalue weighted by molar-refractivity contribution is -0.263. The standard InChI is InChI=1S/C14H20O3.C7H16O2.C2H4.6CH4/c1-11(12-8-6-5-7-9-12)10-14(2,3)13(15)17-16-4;1-4-5-9-7(2)6-8-3;1-2;;;;;;/h5-9,11H,10H2,1-4H3;7H,4-6H2,1-3H3;1-2H2;6*1H4. The predicted octanol–water partition coefficient (Wildman–Crippen LogP) is 9.38. The maximum atomic E-state index is 11.7. The van der Waals surface area contributed by atoms with Crippen molar-refractivity contribution < 1.29 is 24.0 Å². The van der Waals surface area contributed by atoms with Crippen LogP contribution >= 0.6 is 0 Å². The van der Waals surface area contributed by atoms with Crippen LogP contribution in [0.5, 0.6) is 0 Å². The van der Waals surface area contributed by atoms with Crippen molar-refractivity contribution in [2.45, 2.75) is 104 Å². The number of carbonyl (C=O) groups is 1. The van der Waals surface area contributed by atoms with E-state index in [1.54, 1.807) is 7.11 Å². The highest BCUT2D eigenvalue weighted by molar-refractivity contribution is 5.75. The molecule has 0 aromatic heterocycles. The van der Waals surface area contributed by atoms with Gasteiger partial charge in [0.1, 0.15) is 0 Å². The Labute approximate surface area is 216 Å². The van der Waals surface area contributed by atoms with Crippen LogP contribution in [0.15, 0.2) is 43.5 Å². The highest BCUT2D eigenvalue weighted by Gasteiger charge is 2.32. The average molecular weight is 493 g/mol. The smallest absolute Gasteiger partial charge is 0.347 e. The largest absolute Gasteiger partial charge is 0.382 e. The van der Waals surface area contributed by atoms with Crippen LogP contribution in [0, 0.1) is 5.41 Å². The second-order valence-corrected chi connectivity index (χ2v) is 7.07. The van der Waals surface area contributed by atoms with E-state index in [2.05, 4.69) is 48.9 Å². The van der Waals surface area contributed by atoms with Gasteiger partial charge >= 0.3 is 5.97 Å². The highest BCUT2D eigenvalue weighted by Crippen LogP contribution is 2.32. The van der Waals surface area contributed by atoms with E-state index in [1.165, 1.54) is 12.7 Å². The van der Waals surface area contributed by atoms with E-state index in [1.807, 2.05) is 39.0 Å². The summed E-state index contributed by atoms with van der Waals surface area (Å²) >= 11 is 0. The van der Waals surface area contributed by atoms with Crippen molar-refractivity contribution >= 4 is 5.97 Å². The van der Waals surface area contributed by atoms with E-state index in [4.69, 9.17) is 9.47 Å². The molecule has 1 aromatic carbocycles. The molecule has 2 atom stereocenters. The molecule has 0 radical (unpaired) electrons. The van der Waals surface area contributed by atoms with Gasteiger partial charge in [-0.25, -0.2) is 4.79 Å². The number of hydrogen-bond donors (Lipinski definition) is 0. The van der Waals surface area contributed by atoms with Crippen LogP contribution in [0.4, 0.5) is 0 Å². The van der Waals surface area contributed by atoms with Crippen LogP contribution in [-0.4, -0.2) is 39.5 Å². The lowest BCUT2D eigenvalue weighted by atomic mass is 9.81. The third-order valence-electron chi connectivity index (χ3n) is 3.90. The molecule has 0 amide bonds. The summed E-state index contributed by atoms with van der Waals surface area (Å²) < 4.78 is 10.2. The van der Waals surface area contributed by atoms with Gasteiger partial charge in [0.15, 0.2) is 0 Å². The third kappa shape index (κ3) is 26.6. The van der Waals surface area contributed by atoms with Gasteiger partial charge in [-0.05, 0) is 45.1 Å². The number of ether oxygens (including phenoxy) is 2. The van der Waals surface area contributed by atoms with Gasteiger partial charge < -0.3 is 9.47 Å². The fraction of sp³-hybridized carbons (Fsp3) is 0.690. The fourth-order valence-electron chi connectivity index (χ4n) is 2.54. The Kier molecular flexibility index (Phi) is 52.8. The van der Waals surface area contributed by atoms with Crippen molar-refractivity contribution in [3.05, 3.63) is 49.1 Å². The van der Waals surface area contributed by atoms with Gasteiger partial charge in [-0.15, -0.1) is 13.2 Å². The quantitative estimate of drug-likeness (QED) is 0.185. The van der Waals surface area contributed by atoms with E-state index in [9.17, 15) is 4.79 Å². The summed E-state index contributed by atoms with van der Waals surface area (Å²) in [5.74, 6) is -0.0293. The van der Waals surface area contributed by atoms with Crippen LogP contribution in [0.1, 0.15) is 104 Å². The fourth-order valence-corrected chi connectivity index (χ4v) is 2.54. The summed E-state index contributed by atoms with van der Waals surface area (Å²) in [5, 5.41) is 0. The maximum absolute atomic E-state index is 11.7. The number of benzene rings is 1. The molecule has 0 N–H and O–H groups in total. The van der Waals surface area contributed by atoms with Crippen molar-refractivity contribution in [1.29, 1.82) is 0 Å². The Hall–Kier alpha value is -1.69. The number of hydrogen-bond acceptors (Lipinski definition) is 5. The normalized spacial score (nSPS) is 10.3. The van der Waals surface area contributed by atoms with E-state index < -0.39 is 5.41 Å². The van der Waals surface area contributed by atoms with E-state index in [0.29, 0.717) is 12.5 Å². The summed E-state index contributed by atoms with van der Waals surface area (Å²) in [7, 11) is 3.03. The molecular weight excluding hydrogens is 428 g/mol. The average Bonchev–Trinajstić information content (AvgIpc) is 2.69. The van der Waals surface area contributed by atoms with E-state index in [-0.39, 0.29) is 56.6 Å². The van der Waals surface area contributed by atoms with Crippen LogP contribution in [0.3, 0.4) is 0 Å². The van der Waals surface area contributed by atoms with Crippen molar-refractivity contribution in [3.63, 3.8) is 0 Å². The molecule has 0 aliphatic rings. The van der Waals surface area contributed by atoms with Gasteiger partial charge in [0, 0.05) is 13.7 Å². The molecule has 0 heterocycles. The van der Waals surface area contributed by atoms with Crippen molar-refractivity contribution in [1.82, 2.24) is 0 Å². The Morgan fingerprint density at radius 3 is 1.79 bits per heavy atom. The Balaban J connectivity index is -0.0000000586. The molecule has 0 spiro atoms. The van der Waals surface area contributed by atoms with Crippen LogP contribution in [0.25, 0.3) is 0 Å². The van der Waals surface area contributed by atoms with E-state index in [0.717, 1.165) is 19.4 Å². The highest BCUT2D eigenvalue weighted by atomic mass is 17.2. The zero-order chi connectivity index (χ0) is 22.0. The monoisotopic (exact) mass is 492 g/mol. The molecule has 0 fully saturated rings. The minimum Gasteiger partial charge on any atom is -0.382 e. The van der Waals surface area contributed by atoms with Crippen LogP contribution in [-0.2, 0) is 24.0 Å². The Bertz CT molecular complexity index is 489. The third-order valence-corrected chi connectivity index (χ3v) is 3.90. The summed E-state index contributed by atoms with van der Waals surface area (Å²) in [6.07, 6.45) is 2.04. The van der Waals surface area contributed by atoms with E-state index >= 15 is 0 Å². The summed E-state index contributed by atoms with van der Waals surface area (Å²) in [6, 6.07) is 10.1. The summed E-state index contributed by atoms with van der Waals surface area (Å²) in [5.41, 5.74) is 0.677. The molecule has 0 aliphatic carbocycles. The maximum Gasteiger partial charge on any atom is 0.347 e. The molecular formula is C29H64O5. The minimum atomic E-state index is -0.550. The van der Waals surface area contributed by atoms with Crippen molar-refractivity contribution in [2.24, 2.45) is 5.41 Å². The van der Waals surface area contributed by atoms with Gasteiger partial charge in [0.2, 0.25) is 0 Å². The first-order valence-electron chi connectivity index (χ1n) is 9.69. The topological polar surface area (TPSA) is 54.0 Å². The summed E-state index contributed by atoms with van der Waals surface area (Å²) in [6.45, 7) is 17.5. The van der Waals surface area contributed by atoms with Gasteiger partial charge in [0.25, 0.3) is 0 Å². The molecule has 0 aliphatic heterocycles. The number of methoxy groups -OCH3 is 1. The van der Waals surface area contributed by atoms with Crippen LogP contribution in [0.2, 0.25) is 0 Å². The van der Waals surface area contributed by atoms with Gasteiger partial charge in [-0.2, -0.15) is 4.89 Å². The number of carbonyl (C=O) groups excluding carboxylic acids is 1. The Morgan fingerprint density at radius 2 is 1.41 bits per heavy atom. The van der Waals surface area contributed by atoms with Gasteiger partial charge in [-0.1, -0.05) is 88.7 Å². The molecule has 1 aromatic rings. The predicted molar refractivity (Wildman–Crippen MR) is 156 cm³/mol. The lowest BCUT2D eigenvalue weighted by Crippen LogP contribution is -2.28. The zero-order valence-corrected chi connectivity index (χ0v) is 18.8. The van der Waals surface area contributed by atoms with Crippen molar-refractivity contribution in [2.75, 3.05) is 27.4 Å². The molecule has 5 heteroatoms. The molecule has 34 heavy (non-hydrogen) atoms. The first kappa shape index (κ1) is 53.6. The molecule has 0 saturated carbocycles. The zero-order valence-electron chi connectivity index (χ0n) is 18.8. The van der Waals surface area contributed by atoms with Crippen LogP contribution < -0.4 is 0 Å². The molecule has 0 bridgehead atoms. The Morgan fingerprint density at radius 1 is 0.941 bits per heavy atom. The second kappa shape index (κ2) is 33.5. The number of rotatable bonds is 10. The molecule has 210 valence electrons.